The molecule has 0 aliphatic rings. The van der Waals surface area contributed by atoms with Gasteiger partial charge in [-0.15, -0.1) is 0 Å². The van der Waals surface area contributed by atoms with Crippen LogP contribution in [0, 0.1) is 0 Å². The van der Waals surface area contributed by atoms with E-state index in [1.807, 2.05) is 0 Å². The van der Waals surface area contributed by atoms with Crippen LogP contribution in [0.1, 0.15) is 59.4 Å². The SMILES string of the molecule is CC(OC(C)c1cc(C(F)(F)F)cc(C(F)(F)F)c1)c1cc(C(F)(F)F)cc(C(F)(F)F)c1. The Balaban J connectivity index is 2.46. The molecule has 0 aliphatic heterocycles. The molecule has 1 nitrogen and oxygen atoms in total. The molecule has 33 heavy (non-hydrogen) atoms. The van der Waals surface area contributed by atoms with Gasteiger partial charge in [0.2, 0.25) is 0 Å². The van der Waals surface area contributed by atoms with Gasteiger partial charge in [-0.1, -0.05) is 0 Å². The molecule has 0 amide bonds. The molecule has 13 heteroatoms. The summed E-state index contributed by atoms with van der Waals surface area (Å²) in [4.78, 5) is 0. The summed E-state index contributed by atoms with van der Waals surface area (Å²) >= 11 is 0. The smallest absolute Gasteiger partial charge is 0.366 e. The number of halogens is 12. The van der Waals surface area contributed by atoms with Gasteiger partial charge in [-0.05, 0) is 61.4 Å². The van der Waals surface area contributed by atoms with Gasteiger partial charge in [-0.2, -0.15) is 52.7 Å². The molecule has 0 aliphatic carbocycles. The molecule has 2 rings (SSSR count). The number of alkyl halides is 12. The summed E-state index contributed by atoms with van der Waals surface area (Å²) in [6, 6.07) is 1.20. The number of hydrogen-bond acceptors (Lipinski definition) is 1. The van der Waals surface area contributed by atoms with Gasteiger partial charge < -0.3 is 4.74 Å². The van der Waals surface area contributed by atoms with E-state index in [2.05, 4.69) is 0 Å². The highest BCUT2D eigenvalue weighted by molar-refractivity contribution is 5.36. The molecule has 0 N–H and O–H groups in total. The van der Waals surface area contributed by atoms with Gasteiger partial charge in [0.25, 0.3) is 0 Å². The highest BCUT2D eigenvalue weighted by Crippen LogP contribution is 2.41. The first-order valence-corrected chi connectivity index (χ1v) is 8.94. The summed E-state index contributed by atoms with van der Waals surface area (Å²) in [5.41, 5.74) is -7.82. The zero-order valence-corrected chi connectivity index (χ0v) is 16.6. The largest absolute Gasteiger partial charge is 0.416 e. The van der Waals surface area contributed by atoms with Crippen molar-refractivity contribution in [3.05, 3.63) is 69.8 Å². The van der Waals surface area contributed by atoms with Gasteiger partial charge in [0.1, 0.15) is 0 Å². The fourth-order valence-corrected chi connectivity index (χ4v) is 2.89. The Bertz CT molecular complexity index is 838. The van der Waals surface area contributed by atoms with Crippen LogP contribution < -0.4 is 0 Å². The van der Waals surface area contributed by atoms with Gasteiger partial charge in [0.05, 0.1) is 34.5 Å². The third kappa shape index (κ3) is 6.78. The van der Waals surface area contributed by atoms with Gasteiger partial charge >= 0.3 is 24.7 Å². The van der Waals surface area contributed by atoms with E-state index < -0.39 is 70.3 Å². The van der Waals surface area contributed by atoms with Crippen molar-refractivity contribution in [1.82, 2.24) is 0 Å². The molecular formula is C20H14F12O. The maximum absolute atomic E-state index is 13.0. The standard InChI is InChI=1S/C20H14F12O/c1-9(11-3-13(17(21,22)23)7-14(4-11)18(24,25)26)33-10(2)12-5-15(19(27,28)29)8-16(6-12)20(30,31)32/h3-10H,1-2H3. The van der Waals surface area contributed by atoms with E-state index >= 15 is 0 Å². The zero-order valence-electron chi connectivity index (χ0n) is 16.6. The topological polar surface area (TPSA) is 9.23 Å². The molecule has 0 heterocycles. The van der Waals surface area contributed by atoms with E-state index in [1.165, 1.54) is 0 Å². The van der Waals surface area contributed by atoms with Crippen molar-refractivity contribution in [2.45, 2.75) is 50.8 Å². The van der Waals surface area contributed by atoms with Crippen LogP contribution in [0.25, 0.3) is 0 Å². The quantitative estimate of drug-likeness (QED) is 0.384. The van der Waals surface area contributed by atoms with Crippen molar-refractivity contribution in [3.8, 4) is 0 Å². The first-order chi connectivity index (χ1) is 14.7. The molecule has 2 aromatic carbocycles. The maximum Gasteiger partial charge on any atom is 0.416 e. The van der Waals surface area contributed by atoms with Crippen molar-refractivity contribution >= 4 is 0 Å². The van der Waals surface area contributed by atoms with Crippen molar-refractivity contribution in [2.24, 2.45) is 0 Å². The molecule has 0 saturated carbocycles. The minimum absolute atomic E-state index is 0.123. The van der Waals surface area contributed by atoms with Crippen molar-refractivity contribution in [3.63, 3.8) is 0 Å². The molecule has 2 unspecified atom stereocenters. The fraction of sp³-hybridized carbons (Fsp3) is 0.400. The summed E-state index contributed by atoms with van der Waals surface area (Å²) in [7, 11) is 0. The Morgan fingerprint density at radius 3 is 0.848 bits per heavy atom. The maximum atomic E-state index is 13.0. The minimum Gasteiger partial charge on any atom is -0.366 e. The molecular weight excluding hydrogens is 484 g/mol. The van der Waals surface area contributed by atoms with Gasteiger partial charge in [0, 0.05) is 0 Å². The molecule has 0 bridgehead atoms. The molecule has 2 atom stereocenters. The average Bonchev–Trinajstić information content (AvgIpc) is 2.64. The van der Waals surface area contributed by atoms with Crippen LogP contribution in [0.2, 0.25) is 0 Å². The third-order valence-electron chi connectivity index (χ3n) is 4.57. The van der Waals surface area contributed by atoms with E-state index in [9.17, 15) is 52.7 Å². The lowest BCUT2D eigenvalue weighted by Crippen LogP contribution is -2.15. The lowest BCUT2D eigenvalue weighted by atomic mass is 10.00. The third-order valence-corrected chi connectivity index (χ3v) is 4.57. The summed E-state index contributed by atoms with van der Waals surface area (Å²) in [6.45, 7) is 2.04. The van der Waals surface area contributed by atoms with Crippen LogP contribution in [-0.2, 0) is 29.4 Å². The first kappa shape index (κ1) is 26.8. The monoisotopic (exact) mass is 498 g/mol. The predicted molar refractivity (Wildman–Crippen MR) is 90.8 cm³/mol. The molecule has 0 aromatic heterocycles. The van der Waals surface area contributed by atoms with E-state index in [0.29, 0.717) is 24.3 Å². The summed E-state index contributed by atoms with van der Waals surface area (Å²) in [5, 5.41) is 0. The lowest BCUT2D eigenvalue weighted by molar-refractivity contribution is -0.144. The van der Waals surface area contributed by atoms with Crippen LogP contribution in [0.4, 0.5) is 52.7 Å². The number of hydrogen-bond donors (Lipinski definition) is 0. The normalized spacial score (nSPS) is 15.5. The van der Waals surface area contributed by atoms with Crippen LogP contribution in [0.15, 0.2) is 36.4 Å². The first-order valence-electron chi connectivity index (χ1n) is 8.94. The van der Waals surface area contributed by atoms with E-state index in [0.717, 1.165) is 13.8 Å². The average molecular weight is 498 g/mol. The molecule has 0 saturated heterocycles. The van der Waals surface area contributed by atoms with Crippen molar-refractivity contribution in [1.29, 1.82) is 0 Å². The second kappa shape index (κ2) is 8.73. The Hall–Kier alpha value is -2.44. The highest BCUT2D eigenvalue weighted by atomic mass is 19.4. The van der Waals surface area contributed by atoms with Crippen molar-refractivity contribution < 1.29 is 57.4 Å². The molecule has 2 aromatic rings. The summed E-state index contributed by atoms with van der Waals surface area (Å²) in [6.07, 6.45) is -23.7. The predicted octanol–water partition coefficient (Wildman–Crippen LogP) is 8.60. The van der Waals surface area contributed by atoms with Gasteiger partial charge in [0.15, 0.2) is 0 Å². The molecule has 0 radical (unpaired) electrons. The number of benzene rings is 2. The van der Waals surface area contributed by atoms with E-state index in [4.69, 9.17) is 4.74 Å². The van der Waals surface area contributed by atoms with Gasteiger partial charge in [-0.3, -0.25) is 0 Å². The Labute approximate surface area is 179 Å². The van der Waals surface area contributed by atoms with Crippen LogP contribution >= 0.6 is 0 Å². The Morgan fingerprint density at radius 1 is 0.455 bits per heavy atom. The number of rotatable bonds is 4. The summed E-state index contributed by atoms with van der Waals surface area (Å²) < 4.78 is 161. The molecule has 0 spiro atoms. The van der Waals surface area contributed by atoms with Crippen LogP contribution in [-0.4, -0.2) is 0 Å². The van der Waals surface area contributed by atoms with E-state index in [1.54, 1.807) is 0 Å². The fourth-order valence-electron chi connectivity index (χ4n) is 2.89. The second-order valence-corrected chi connectivity index (χ2v) is 7.10. The molecule has 0 fully saturated rings. The minimum atomic E-state index is -5.15. The van der Waals surface area contributed by atoms with Crippen LogP contribution in [0.3, 0.4) is 0 Å². The highest BCUT2D eigenvalue weighted by Gasteiger charge is 2.39. The Morgan fingerprint density at radius 2 is 0.667 bits per heavy atom. The van der Waals surface area contributed by atoms with Gasteiger partial charge in [-0.25, -0.2) is 0 Å². The van der Waals surface area contributed by atoms with E-state index in [-0.39, 0.29) is 12.1 Å². The zero-order chi connectivity index (χ0) is 25.6. The Kier molecular flexibility index (Phi) is 7.09. The summed E-state index contributed by atoms with van der Waals surface area (Å²) in [5.74, 6) is 0. The lowest BCUT2D eigenvalue weighted by Gasteiger charge is -2.23. The van der Waals surface area contributed by atoms with Crippen LogP contribution in [0.5, 0.6) is 0 Å². The molecule has 184 valence electrons. The van der Waals surface area contributed by atoms with Crippen molar-refractivity contribution in [2.75, 3.05) is 0 Å². The number of ether oxygens (including phenoxy) is 1. The second-order valence-electron chi connectivity index (χ2n) is 7.10.